The first-order chi connectivity index (χ1) is 11.9. The highest BCUT2D eigenvalue weighted by atomic mass is 32.2. The minimum atomic E-state index is -3.99. The van der Waals surface area contributed by atoms with Gasteiger partial charge in [0.1, 0.15) is 0 Å². The fourth-order valence-electron chi connectivity index (χ4n) is 2.40. The second-order valence-electron chi connectivity index (χ2n) is 5.12. The highest BCUT2D eigenvalue weighted by Crippen LogP contribution is 2.21. The van der Waals surface area contributed by atoms with Gasteiger partial charge in [-0.3, -0.25) is 4.57 Å². The molecule has 136 valence electrons. The predicted molar refractivity (Wildman–Crippen MR) is 88.8 cm³/mol. The zero-order valence-corrected chi connectivity index (χ0v) is 15.2. The average Bonchev–Trinajstić information content (AvgIpc) is 3.03. The summed E-state index contributed by atoms with van der Waals surface area (Å²) in [5, 5.41) is 7.85. The average molecular weight is 368 g/mol. The molecule has 0 unspecified atom stereocenters. The molecule has 0 spiro atoms. The second kappa shape index (κ2) is 7.62. The topological polar surface area (TPSA) is 112 Å². The molecule has 0 aliphatic rings. The first-order valence-corrected chi connectivity index (χ1v) is 9.00. The molecule has 0 aliphatic carbocycles. The zero-order valence-electron chi connectivity index (χ0n) is 14.4. The summed E-state index contributed by atoms with van der Waals surface area (Å²) in [6.07, 6.45) is 0. The van der Waals surface area contributed by atoms with Crippen molar-refractivity contribution in [3.05, 3.63) is 35.7 Å². The number of aromatic nitrogens is 3. The fourth-order valence-corrected chi connectivity index (χ4v) is 3.79. The zero-order chi connectivity index (χ0) is 18.6. The molecular weight excluding hydrogens is 348 g/mol. The smallest absolute Gasteiger partial charge is 0.339 e. The fraction of sp³-hybridized carbons (Fsp3) is 0.400. The molecule has 1 heterocycles. The Balaban J connectivity index is 2.37. The molecule has 0 saturated heterocycles. The van der Waals surface area contributed by atoms with Crippen LogP contribution in [0.1, 0.15) is 36.1 Å². The molecule has 0 fully saturated rings. The molecule has 0 amide bonds. The van der Waals surface area contributed by atoms with E-state index in [1.54, 1.807) is 17.6 Å². The SMILES string of the molecule is CCn1c(OC)nnc1[C@@H](C)NS(=O)(=O)c1ccccc1C(=O)OC. The standard InChI is InChI=1S/C15H20N4O5S/c1-5-19-13(16-17-15(19)24-4)10(2)18-25(21,22)12-9-7-6-8-11(12)14(20)23-3/h6-10,18H,5H2,1-4H3/t10-/m1/s1. The number of benzene rings is 1. The monoisotopic (exact) mass is 368 g/mol. The van der Waals surface area contributed by atoms with Gasteiger partial charge in [0.2, 0.25) is 10.0 Å². The van der Waals surface area contributed by atoms with Gasteiger partial charge in [-0.1, -0.05) is 17.2 Å². The number of nitrogens with one attached hydrogen (secondary N) is 1. The van der Waals surface area contributed by atoms with E-state index < -0.39 is 22.0 Å². The lowest BCUT2D eigenvalue weighted by molar-refractivity contribution is 0.0596. The lowest BCUT2D eigenvalue weighted by atomic mass is 10.2. The number of esters is 1. The summed E-state index contributed by atoms with van der Waals surface area (Å²) in [7, 11) is -1.34. The predicted octanol–water partition coefficient (Wildman–Crippen LogP) is 1.13. The number of hydrogen-bond donors (Lipinski definition) is 1. The van der Waals surface area contributed by atoms with E-state index in [1.165, 1.54) is 32.4 Å². The molecule has 1 aromatic heterocycles. The van der Waals surface area contributed by atoms with Crippen molar-refractivity contribution in [2.75, 3.05) is 14.2 Å². The summed E-state index contributed by atoms with van der Waals surface area (Å²) in [5.74, 6) is -0.328. The molecule has 1 N–H and O–H groups in total. The Morgan fingerprint density at radius 1 is 1.28 bits per heavy atom. The van der Waals surface area contributed by atoms with Gasteiger partial charge in [0.05, 0.1) is 30.7 Å². The first-order valence-electron chi connectivity index (χ1n) is 7.52. The van der Waals surface area contributed by atoms with E-state index in [0.717, 1.165) is 0 Å². The molecule has 1 aromatic carbocycles. The molecule has 0 aliphatic heterocycles. The van der Waals surface area contributed by atoms with Gasteiger partial charge in [0, 0.05) is 6.54 Å². The van der Waals surface area contributed by atoms with Gasteiger partial charge in [-0.2, -0.15) is 0 Å². The Labute approximate surface area is 146 Å². The van der Waals surface area contributed by atoms with Crippen molar-refractivity contribution in [3.8, 4) is 6.01 Å². The highest BCUT2D eigenvalue weighted by molar-refractivity contribution is 7.89. The van der Waals surface area contributed by atoms with E-state index in [0.29, 0.717) is 18.4 Å². The Morgan fingerprint density at radius 3 is 2.56 bits per heavy atom. The normalized spacial score (nSPS) is 12.6. The van der Waals surface area contributed by atoms with E-state index >= 15 is 0 Å². The van der Waals surface area contributed by atoms with Crippen molar-refractivity contribution in [1.29, 1.82) is 0 Å². The molecule has 2 rings (SSSR count). The minimum Gasteiger partial charge on any atom is -0.467 e. The molecule has 1 atom stereocenters. The first kappa shape index (κ1) is 18.9. The lowest BCUT2D eigenvalue weighted by Crippen LogP contribution is -2.30. The Kier molecular flexibility index (Phi) is 5.75. The van der Waals surface area contributed by atoms with Crippen molar-refractivity contribution in [2.24, 2.45) is 0 Å². The quantitative estimate of drug-likeness (QED) is 0.729. The van der Waals surface area contributed by atoms with E-state index in [9.17, 15) is 13.2 Å². The molecule has 0 radical (unpaired) electrons. The van der Waals surface area contributed by atoms with Crippen LogP contribution in [0.15, 0.2) is 29.2 Å². The van der Waals surface area contributed by atoms with Gasteiger partial charge >= 0.3 is 12.0 Å². The third kappa shape index (κ3) is 3.80. The maximum atomic E-state index is 12.7. The van der Waals surface area contributed by atoms with Crippen LogP contribution in [0.2, 0.25) is 0 Å². The minimum absolute atomic E-state index is 0.0424. The Morgan fingerprint density at radius 2 is 1.96 bits per heavy atom. The third-order valence-corrected chi connectivity index (χ3v) is 5.14. The van der Waals surface area contributed by atoms with E-state index in [4.69, 9.17) is 4.74 Å². The van der Waals surface area contributed by atoms with Crippen LogP contribution in [0.4, 0.5) is 0 Å². The molecule has 0 bridgehead atoms. The Bertz CT molecular complexity index is 863. The van der Waals surface area contributed by atoms with Crippen LogP contribution < -0.4 is 9.46 Å². The number of hydrogen-bond acceptors (Lipinski definition) is 7. The highest BCUT2D eigenvalue weighted by Gasteiger charge is 2.27. The van der Waals surface area contributed by atoms with Crippen molar-refractivity contribution in [1.82, 2.24) is 19.5 Å². The van der Waals surface area contributed by atoms with E-state index in [1.807, 2.05) is 6.92 Å². The molecule has 2 aromatic rings. The van der Waals surface area contributed by atoms with Gasteiger partial charge in [-0.15, -0.1) is 5.10 Å². The Hall–Kier alpha value is -2.46. The number of ether oxygens (including phenoxy) is 2. The van der Waals surface area contributed by atoms with Crippen molar-refractivity contribution in [2.45, 2.75) is 31.3 Å². The summed E-state index contributed by atoms with van der Waals surface area (Å²) in [4.78, 5) is 11.7. The summed E-state index contributed by atoms with van der Waals surface area (Å²) >= 11 is 0. The number of carbonyl (C=O) groups excluding carboxylic acids is 1. The van der Waals surface area contributed by atoms with E-state index in [2.05, 4.69) is 19.7 Å². The number of methoxy groups -OCH3 is 2. The van der Waals surface area contributed by atoms with Crippen LogP contribution in [-0.2, 0) is 21.3 Å². The van der Waals surface area contributed by atoms with Crippen LogP contribution in [-0.4, -0.2) is 43.4 Å². The lowest BCUT2D eigenvalue weighted by Gasteiger charge is -2.16. The third-order valence-electron chi connectivity index (χ3n) is 3.55. The number of sulfonamides is 1. The van der Waals surface area contributed by atoms with E-state index in [-0.39, 0.29) is 10.5 Å². The molecule has 10 heteroatoms. The summed E-state index contributed by atoms with van der Waals surface area (Å²) in [6.45, 7) is 4.01. The van der Waals surface area contributed by atoms with Crippen LogP contribution in [0.3, 0.4) is 0 Å². The van der Waals surface area contributed by atoms with Gasteiger partial charge in [-0.25, -0.2) is 17.9 Å². The van der Waals surface area contributed by atoms with Gasteiger partial charge in [0.25, 0.3) is 0 Å². The number of carbonyl (C=O) groups is 1. The van der Waals surface area contributed by atoms with Gasteiger partial charge in [0.15, 0.2) is 5.82 Å². The van der Waals surface area contributed by atoms with Crippen LogP contribution in [0, 0.1) is 0 Å². The molecule has 25 heavy (non-hydrogen) atoms. The van der Waals surface area contributed by atoms with Crippen LogP contribution in [0.5, 0.6) is 6.01 Å². The van der Waals surface area contributed by atoms with Crippen molar-refractivity contribution < 1.29 is 22.7 Å². The van der Waals surface area contributed by atoms with Crippen molar-refractivity contribution in [3.63, 3.8) is 0 Å². The summed E-state index contributed by atoms with van der Waals surface area (Å²) < 4.78 is 39.3. The summed E-state index contributed by atoms with van der Waals surface area (Å²) in [5.41, 5.74) is -0.0424. The molecular formula is C15H20N4O5S. The van der Waals surface area contributed by atoms with Gasteiger partial charge in [-0.05, 0) is 26.0 Å². The molecule has 9 nitrogen and oxygen atoms in total. The number of rotatable bonds is 7. The van der Waals surface area contributed by atoms with Crippen LogP contribution in [0.25, 0.3) is 0 Å². The maximum Gasteiger partial charge on any atom is 0.339 e. The molecule has 0 saturated carbocycles. The van der Waals surface area contributed by atoms with Crippen LogP contribution >= 0.6 is 0 Å². The van der Waals surface area contributed by atoms with Crippen molar-refractivity contribution >= 4 is 16.0 Å². The second-order valence-corrected chi connectivity index (χ2v) is 6.80. The largest absolute Gasteiger partial charge is 0.467 e. The summed E-state index contributed by atoms with van der Waals surface area (Å²) in [6, 6.07) is 5.43. The number of nitrogens with zero attached hydrogens (tertiary/aromatic N) is 3. The van der Waals surface area contributed by atoms with Gasteiger partial charge < -0.3 is 9.47 Å². The maximum absolute atomic E-state index is 12.7.